The minimum Gasteiger partial charge on any atom is -0.274 e. The number of nitrogens with zero attached hydrogens (tertiary/aromatic N) is 2. The summed E-state index contributed by atoms with van der Waals surface area (Å²) in [6.07, 6.45) is 2.06. The normalized spacial score (nSPS) is 14.0. The molecule has 0 bridgehead atoms. The fourth-order valence-corrected chi connectivity index (χ4v) is 3.82. The Balaban J connectivity index is 1.85. The van der Waals surface area contributed by atoms with Gasteiger partial charge >= 0.3 is 0 Å². The molecule has 1 aliphatic heterocycles. The van der Waals surface area contributed by atoms with E-state index >= 15 is 0 Å². The van der Waals surface area contributed by atoms with E-state index in [1.165, 1.54) is 0 Å². The second-order valence-corrected chi connectivity index (χ2v) is 6.89. The molecule has 0 aliphatic carbocycles. The first-order valence-electron chi connectivity index (χ1n) is 9.29. The van der Waals surface area contributed by atoms with E-state index in [0.29, 0.717) is 5.82 Å². The number of aromatic nitrogens is 1. The van der Waals surface area contributed by atoms with Crippen molar-refractivity contribution in [3.63, 3.8) is 0 Å². The maximum atomic E-state index is 12.8. The van der Waals surface area contributed by atoms with E-state index in [4.69, 9.17) is 4.98 Å². The number of amides is 1. The third kappa shape index (κ3) is 2.60. The molecule has 0 atom stereocenters. The van der Waals surface area contributed by atoms with E-state index in [2.05, 4.69) is 30.3 Å². The van der Waals surface area contributed by atoms with Gasteiger partial charge in [0.25, 0.3) is 0 Å². The molecule has 1 aromatic heterocycles. The molecule has 3 nitrogen and oxygen atoms in total. The largest absolute Gasteiger partial charge is 0.274 e. The summed E-state index contributed by atoms with van der Waals surface area (Å²) < 4.78 is 0. The fraction of sp³-hybridized carbons (Fsp3) is 0.0400. The predicted octanol–water partition coefficient (Wildman–Crippen LogP) is 5.77. The van der Waals surface area contributed by atoms with Gasteiger partial charge < -0.3 is 0 Å². The molecule has 0 saturated carbocycles. The summed E-state index contributed by atoms with van der Waals surface area (Å²) >= 11 is 0. The molecule has 28 heavy (non-hydrogen) atoms. The van der Waals surface area contributed by atoms with Crippen LogP contribution in [0.5, 0.6) is 0 Å². The van der Waals surface area contributed by atoms with Crippen molar-refractivity contribution in [2.45, 2.75) is 6.92 Å². The van der Waals surface area contributed by atoms with Gasteiger partial charge in [0.05, 0.1) is 11.2 Å². The molecule has 2 heterocycles. The lowest BCUT2D eigenvalue weighted by atomic mass is 9.91. The number of hydrogen-bond acceptors (Lipinski definition) is 2. The van der Waals surface area contributed by atoms with E-state index < -0.39 is 0 Å². The minimum absolute atomic E-state index is 0.0549. The zero-order valence-corrected chi connectivity index (χ0v) is 15.5. The van der Waals surface area contributed by atoms with Crippen LogP contribution in [0.1, 0.15) is 18.1 Å². The van der Waals surface area contributed by atoms with Gasteiger partial charge in [0.15, 0.2) is 0 Å². The van der Waals surface area contributed by atoms with Crippen LogP contribution in [0, 0.1) is 0 Å². The topological polar surface area (TPSA) is 33.2 Å². The first-order valence-corrected chi connectivity index (χ1v) is 9.29. The van der Waals surface area contributed by atoms with Crippen LogP contribution in [0.4, 0.5) is 5.82 Å². The standard InChI is InChI=1S/C25H18N2O/c1-17(28)27-24(15-18-9-3-2-4-10-18)21-13-7-6-12-20(21)22-16-19-11-5-8-14-23(19)26-25(22)27/h2-16H,1H3/b24-15+. The van der Waals surface area contributed by atoms with E-state index in [0.717, 1.165) is 38.9 Å². The fourth-order valence-electron chi connectivity index (χ4n) is 3.82. The van der Waals surface area contributed by atoms with Gasteiger partial charge in [-0.25, -0.2) is 4.98 Å². The van der Waals surface area contributed by atoms with Gasteiger partial charge in [0, 0.05) is 23.4 Å². The van der Waals surface area contributed by atoms with Crippen LogP contribution in [0.15, 0.2) is 84.9 Å². The van der Waals surface area contributed by atoms with E-state index in [-0.39, 0.29) is 5.91 Å². The highest BCUT2D eigenvalue weighted by Gasteiger charge is 2.30. The van der Waals surface area contributed by atoms with E-state index in [9.17, 15) is 4.79 Å². The number of carbonyl (C=O) groups excluding carboxylic acids is 1. The van der Waals surface area contributed by atoms with E-state index in [1.54, 1.807) is 11.8 Å². The lowest BCUT2D eigenvalue weighted by molar-refractivity contribution is -0.115. The van der Waals surface area contributed by atoms with Gasteiger partial charge in [-0.3, -0.25) is 9.69 Å². The second kappa shape index (κ2) is 6.46. The highest BCUT2D eigenvalue weighted by Crippen LogP contribution is 2.45. The van der Waals surface area contributed by atoms with Gasteiger partial charge in [-0.05, 0) is 29.3 Å². The Bertz CT molecular complexity index is 1240. The molecule has 3 heteroatoms. The Morgan fingerprint density at radius 3 is 2.29 bits per heavy atom. The third-order valence-electron chi connectivity index (χ3n) is 5.07. The van der Waals surface area contributed by atoms with Gasteiger partial charge in [0.1, 0.15) is 5.82 Å². The molecule has 5 rings (SSSR count). The molecule has 0 fully saturated rings. The SMILES string of the molecule is CC(=O)N1/C(=C/c2ccccc2)c2ccccc2-c2cc3ccccc3nc21. The molecule has 0 unspecified atom stereocenters. The zero-order valence-electron chi connectivity index (χ0n) is 15.5. The van der Waals surface area contributed by atoms with Crippen LogP contribution in [-0.2, 0) is 4.79 Å². The number of hydrogen-bond donors (Lipinski definition) is 0. The highest BCUT2D eigenvalue weighted by molar-refractivity contribution is 6.15. The maximum Gasteiger partial charge on any atom is 0.229 e. The molecule has 4 aromatic rings. The maximum absolute atomic E-state index is 12.8. The molecule has 0 N–H and O–H groups in total. The molecule has 0 radical (unpaired) electrons. The number of pyridine rings is 1. The van der Waals surface area contributed by atoms with Crippen molar-refractivity contribution in [3.05, 3.63) is 96.1 Å². The molecule has 0 spiro atoms. The molecule has 3 aromatic carbocycles. The molecule has 1 amide bonds. The molecular weight excluding hydrogens is 344 g/mol. The van der Waals surface area contributed by atoms with Crippen molar-refractivity contribution in [1.29, 1.82) is 0 Å². The highest BCUT2D eigenvalue weighted by atomic mass is 16.2. The van der Waals surface area contributed by atoms with Crippen molar-refractivity contribution >= 4 is 34.4 Å². The zero-order chi connectivity index (χ0) is 19.1. The van der Waals surface area contributed by atoms with Crippen molar-refractivity contribution in [1.82, 2.24) is 4.98 Å². The minimum atomic E-state index is -0.0549. The van der Waals surface area contributed by atoms with Crippen LogP contribution in [-0.4, -0.2) is 10.9 Å². The smallest absolute Gasteiger partial charge is 0.229 e. The lowest BCUT2D eigenvalue weighted by Gasteiger charge is -2.32. The first-order chi connectivity index (χ1) is 13.7. The van der Waals surface area contributed by atoms with Crippen LogP contribution in [0.2, 0.25) is 0 Å². The van der Waals surface area contributed by atoms with Crippen molar-refractivity contribution in [2.75, 3.05) is 4.90 Å². The Morgan fingerprint density at radius 2 is 1.50 bits per heavy atom. The van der Waals surface area contributed by atoms with Crippen molar-refractivity contribution in [3.8, 4) is 11.1 Å². The van der Waals surface area contributed by atoms with Gasteiger partial charge in [0.2, 0.25) is 5.91 Å². The summed E-state index contributed by atoms with van der Waals surface area (Å²) in [5.41, 5.74) is 5.88. The molecule has 134 valence electrons. The third-order valence-corrected chi connectivity index (χ3v) is 5.07. The van der Waals surface area contributed by atoms with Gasteiger partial charge in [-0.2, -0.15) is 0 Å². The number of fused-ring (bicyclic) bond motifs is 4. The van der Waals surface area contributed by atoms with Gasteiger partial charge in [-0.15, -0.1) is 0 Å². The summed E-state index contributed by atoms with van der Waals surface area (Å²) in [6, 6.07) is 28.4. The number of rotatable bonds is 1. The Hall–Kier alpha value is -3.72. The molecule has 1 aliphatic rings. The monoisotopic (exact) mass is 362 g/mol. The number of carbonyl (C=O) groups is 1. The number of benzene rings is 3. The van der Waals surface area contributed by atoms with Gasteiger partial charge in [-0.1, -0.05) is 72.8 Å². The van der Waals surface area contributed by atoms with Crippen LogP contribution in [0.3, 0.4) is 0 Å². The summed E-state index contributed by atoms with van der Waals surface area (Å²) in [7, 11) is 0. The van der Waals surface area contributed by atoms with E-state index in [1.807, 2.05) is 60.7 Å². The van der Waals surface area contributed by atoms with Crippen molar-refractivity contribution < 1.29 is 4.79 Å². The Labute approximate surface area is 163 Å². The van der Waals surface area contributed by atoms with Crippen LogP contribution in [0.25, 0.3) is 33.8 Å². The Morgan fingerprint density at radius 1 is 0.821 bits per heavy atom. The summed E-state index contributed by atoms with van der Waals surface area (Å²) in [6.45, 7) is 1.59. The number of anilines is 1. The summed E-state index contributed by atoms with van der Waals surface area (Å²) in [5, 5.41) is 1.06. The molecular formula is C25H18N2O. The predicted molar refractivity (Wildman–Crippen MR) is 115 cm³/mol. The first kappa shape index (κ1) is 16.5. The summed E-state index contributed by atoms with van der Waals surface area (Å²) in [5.74, 6) is 0.632. The van der Waals surface area contributed by atoms with Crippen LogP contribution < -0.4 is 4.90 Å². The average molecular weight is 362 g/mol. The lowest BCUT2D eigenvalue weighted by Crippen LogP contribution is -2.30. The number of para-hydroxylation sites is 1. The summed E-state index contributed by atoms with van der Waals surface area (Å²) in [4.78, 5) is 19.4. The average Bonchev–Trinajstić information content (AvgIpc) is 2.73. The van der Waals surface area contributed by atoms with Crippen molar-refractivity contribution in [2.24, 2.45) is 0 Å². The molecule has 0 saturated heterocycles. The second-order valence-electron chi connectivity index (χ2n) is 6.89. The van der Waals surface area contributed by atoms with Crippen LogP contribution >= 0.6 is 0 Å². The Kier molecular flexibility index (Phi) is 3.80. The quantitative estimate of drug-likeness (QED) is 0.431.